The van der Waals surface area contributed by atoms with Crippen LogP contribution in [0.5, 0.6) is 0 Å². The van der Waals surface area contributed by atoms with Crippen LogP contribution in [0.2, 0.25) is 0 Å². The number of hydrogen-bond donors (Lipinski definition) is 1. The highest BCUT2D eigenvalue weighted by molar-refractivity contribution is 4.95. The second kappa shape index (κ2) is 4.89. The van der Waals surface area contributed by atoms with Gasteiger partial charge in [-0.3, -0.25) is 0 Å². The van der Waals surface area contributed by atoms with Gasteiger partial charge in [0.15, 0.2) is 0 Å². The maximum atomic E-state index is 6.43. The zero-order valence-corrected chi connectivity index (χ0v) is 11.1. The van der Waals surface area contributed by atoms with Gasteiger partial charge in [0.05, 0.1) is 6.10 Å². The van der Waals surface area contributed by atoms with Crippen LogP contribution in [0.15, 0.2) is 0 Å². The molecule has 5 atom stereocenters. The Morgan fingerprint density at radius 2 is 2.00 bits per heavy atom. The molecule has 0 aromatic rings. The van der Waals surface area contributed by atoms with Crippen LogP contribution >= 0.6 is 0 Å². The topological polar surface area (TPSA) is 35.2 Å². The Morgan fingerprint density at radius 3 is 2.53 bits per heavy atom. The average molecular weight is 237 g/mol. The van der Waals surface area contributed by atoms with Crippen molar-refractivity contribution in [3.8, 4) is 0 Å². The van der Waals surface area contributed by atoms with Crippen molar-refractivity contribution in [1.29, 1.82) is 0 Å². The third-order valence-corrected chi connectivity index (χ3v) is 5.33. The first kappa shape index (κ1) is 12.0. The number of rotatable bonds is 6. The molecule has 2 N–H and O–H groups in total. The van der Waals surface area contributed by atoms with E-state index < -0.39 is 0 Å². The van der Waals surface area contributed by atoms with E-state index in [2.05, 4.69) is 6.92 Å². The molecule has 0 aliphatic heterocycles. The van der Waals surface area contributed by atoms with Crippen molar-refractivity contribution in [2.24, 2.45) is 29.4 Å². The van der Waals surface area contributed by atoms with E-state index in [4.69, 9.17) is 10.5 Å². The Kier molecular flexibility index (Phi) is 3.45. The SMILES string of the molecule is CCOC(C(N)CC1CC2CCC1C2)C1CC1. The van der Waals surface area contributed by atoms with Crippen molar-refractivity contribution >= 4 is 0 Å². The van der Waals surface area contributed by atoms with E-state index in [-0.39, 0.29) is 0 Å². The van der Waals surface area contributed by atoms with Crippen LogP contribution in [0.25, 0.3) is 0 Å². The maximum Gasteiger partial charge on any atom is 0.0753 e. The molecule has 0 aromatic heterocycles. The first-order valence-corrected chi connectivity index (χ1v) is 7.65. The summed E-state index contributed by atoms with van der Waals surface area (Å²) in [6.45, 7) is 2.92. The Labute approximate surface area is 105 Å². The lowest BCUT2D eigenvalue weighted by Gasteiger charge is -2.29. The lowest BCUT2D eigenvalue weighted by Crippen LogP contribution is -2.40. The van der Waals surface area contributed by atoms with Crippen LogP contribution in [0.4, 0.5) is 0 Å². The van der Waals surface area contributed by atoms with Gasteiger partial charge >= 0.3 is 0 Å². The third-order valence-electron chi connectivity index (χ3n) is 5.33. The average Bonchev–Trinajstić information content (AvgIpc) is 2.95. The molecule has 98 valence electrons. The summed E-state index contributed by atoms with van der Waals surface area (Å²) in [7, 11) is 0. The van der Waals surface area contributed by atoms with E-state index in [1.807, 2.05) is 0 Å². The molecule has 0 spiro atoms. The van der Waals surface area contributed by atoms with Gasteiger partial charge in [0, 0.05) is 12.6 Å². The summed E-state index contributed by atoms with van der Waals surface area (Å²) in [5.41, 5.74) is 6.43. The second-order valence-corrected chi connectivity index (χ2v) is 6.59. The summed E-state index contributed by atoms with van der Waals surface area (Å²) in [6.07, 6.45) is 10.2. The molecule has 2 bridgehead atoms. The molecular formula is C15H27NO. The van der Waals surface area contributed by atoms with Gasteiger partial charge in [-0.05, 0) is 69.1 Å². The molecule has 2 heteroatoms. The van der Waals surface area contributed by atoms with Gasteiger partial charge < -0.3 is 10.5 Å². The summed E-state index contributed by atoms with van der Waals surface area (Å²) < 4.78 is 5.89. The molecule has 3 aliphatic rings. The van der Waals surface area contributed by atoms with E-state index in [1.165, 1.54) is 44.9 Å². The minimum atomic E-state index is 0.298. The Morgan fingerprint density at radius 1 is 1.18 bits per heavy atom. The van der Waals surface area contributed by atoms with Crippen molar-refractivity contribution in [3.05, 3.63) is 0 Å². The second-order valence-electron chi connectivity index (χ2n) is 6.59. The van der Waals surface area contributed by atoms with E-state index in [1.54, 1.807) is 0 Å². The van der Waals surface area contributed by atoms with E-state index in [9.17, 15) is 0 Å². The highest BCUT2D eigenvalue weighted by Gasteiger charge is 2.42. The van der Waals surface area contributed by atoms with Crippen LogP contribution in [0.3, 0.4) is 0 Å². The summed E-state index contributed by atoms with van der Waals surface area (Å²) in [5, 5.41) is 0. The predicted octanol–water partition coefficient (Wildman–Crippen LogP) is 2.96. The molecule has 3 fully saturated rings. The first-order valence-electron chi connectivity index (χ1n) is 7.65. The molecule has 0 radical (unpaired) electrons. The van der Waals surface area contributed by atoms with Gasteiger partial charge in [0.1, 0.15) is 0 Å². The van der Waals surface area contributed by atoms with Gasteiger partial charge in [0.2, 0.25) is 0 Å². The molecule has 0 saturated heterocycles. The van der Waals surface area contributed by atoms with Gasteiger partial charge in [-0.25, -0.2) is 0 Å². The van der Waals surface area contributed by atoms with Crippen LogP contribution in [-0.4, -0.2) is 18.8 Å². The molecule has 2 nitrogen and oxygen atoms in total. The monoisotopic (exact) mass is 237 g/mol. The van der Waals surface area contributed by atoms with Crippen molar-refractivity contribution in [3.63, 3.8) is 0 Å². The minimum Gasteiger partial charge on any atom is -0.377 e. The molecule has 3 rings (SSSR count). The summed E-state index contributed by atoms with van der Waals surface area (Å²) in [5.74, 6) is 3.75. The van der Waals surface area contributed by atoms with E-state index in [0.717, 1.165) is 30.3 Å². The molecule has 0 amide bonds. The maximum absolute atomic E-state index is 6.43. The van der Waals surface area contributed by atoms with Crippen LogP contribution in [-0.2, 0) is 4.74 Å². The Hall–Kier alpha value is -0.0800. The molecule has 3 aliphatic carbocycles. The lowest BCUT2D eigenvalue weighted by atomic mass is 9.83. The molecule has 17 heavy (non-hydrogen) atoms. The highest BCUT2D eigenvalue weighted by Crippen LogP contribution is 2.50. The number of nitrogens with two attached hydrogens (primary N) is 1. The highest BCUT2D eigenvalue weighted by atomic mass is 16.5. The number of fused-ring (bicyclic) bond motifs is 2. The lowest BCUT2D eigenvalue weighted by molar-refractivity contribution is 0.0207. The summed E-state index contributed by atoms with van der Waals surface area (Å²) in [6, 6.07) is 0.298. The zero-order chi connectivity index (χ0) is 11.8. The fourth-order valence-electron chi connectivity index (χ4n) is 4.38. The number of ether oxygens (including phenoxy) is 1. The Bertz CT molecular complexity index is 264. The smallest absolute Gasteiger partial charge is 0.0753 e. The van der Waals surface area contributed by atoms with Crippen molar-refractivity contribution < 1.29 is 4.74 Å². The molecule has 0 heterocycles. The van der Waals surface area contributed by atoms with E-state index >= 15 is 0 Å². The quantitative estimate of drug-likeness (QED) is 0.771. The standard InChI is InChI=1S/C15H27NO/c1-2-17-15(11-5-6-11)14(16)9-13-8-10-3-4-12(13)7-10/h10-15H,2-9,16H2,1H3. The molecular weight excluding hydrogens is 210 g/mol. The van der Waals surface area contributed by atoms with Crippen LogP contribution in [0.1, 0.15) is 51.9 Å². The third kappa shape index (κ3) is 2.53. The van der Waals surface area contributed by atoms with Crippen molar-refractivity contribution in [2.75, 3.05) is 6.61 Å². The van der Waals surface area contributed by atoms with Gasteiger partial charge in [0.25, 0.3) is 0 Å². The summed E-state index contributed by atoms with van der Waals surface area (Å²) >= 11 is 0. The Balaban J connectivity index is 1.53. The largest absolute Gasteiger partial charge is 0.377 e. The van der Waals surface area contributed by atoms with Crippen LogP contribution in [0, 0.1) is 23.7 Å². The first-order chi connectivity index (χ1) is 8.28. The molecule has 3 saturated carbocycles. The summed E-state index contributed by atoms with van der Waals surface area (Å²) in [4.78, 5) is 0. The van der Waals surface area contributed by atoms with Gasteiger partial charge in [-0.1, -0.05) is 6.42 Å². The van der Waals surface area contributed by atoms with Crippen molar-refractivity contribution in [1.82, 2.24) is 0 Å². The van der Waals surface area contributed by atoms with Crippen molar-refractivity contribution in [2.45, 2.75) is 64.0 Å². The molecule has 0 aromatic carbocycles. The fourth-order valence-corrected chi connectivity index (χ4v) is 4.38. The van der Waals surface area contributed by atoms with Gasteiger partial charge in [-0.15, -0.1) is 0 Å². The predicted molar refractivity (Wildman–Crippen MR) is 69.7 cm³/mol. The number of hydrogen-bond acceptors (Lipinski definition) is 2. The molecule has 5 unspecified atom stereocenters. The zero-order valence-electron chi connectivity index (χ0n) is 11.1. The normalized spacial score (nSPS) is 39.5. The minimum absolute atomic E-state index is 0.298. The van der Waals surface area contributed by atoms with E-state index in [0.29, 0.717) is 12.1 Å². The van der Waals surface area contributed by atoms with Crippen LogP contribution < -0.4 is 5.73 Å². The van der Waals surface area contributed by atoms with Gasteiger partial charge in [-0.2, -0.15) is 0 Å². The fraction of sp³-hybridized carbons (Fsp3) is 1.00.